The topological polar surface area (TPSA) is 106 Å². The smallest absolute Gasteiger partial charge is 0.291 e. The summed E-state index contributed by atoms with van der Waals surface area (Å²) in [6, 6.07) is 12.6. The van der Waals surface area contributed by atoms with E-state index in [0.717, 1.165) is 20.3 Å². The molecule has 0 saturated carbocycles. The molecule has 0 unspecified atom stereocenters. The molecule has 8 nitrogen and oxygen atoms in total. The Morgan fingerprint density at radius 2 is 2.13 bits per heavy atom. The van der Waals surface area contributed by atoms with Gasteiger partial charge in [0.2, 0.25) is 0 Å². The number of para-hydroxylation sites is 1. The van der Waals surface area contributed by atoms with Crippen LogP contribution in [0.4, 0.5) is 11.4 Å². The number of nitrogens with one attached hydrogen (secondary N) is 2. The predicted molar refractivity (Wildman–Crippen MR) is 119 cm³/mol. The van der Waals surface area contributed by atoms with Gasteiger partial charge in [-0.25, -0.2) is 0 Å². The Hall–Kier alpha value is -3.37. The molecule has 0 radical (unpaired) electrons. The second kappa shape index (κ2) is 8.05. The maximum atomic E-state index is 13.1. The monoisotopic (exact) mass is 452 g/mol. The molecule has 3 heterocycles. The molecule has 1 aliphatic rings. The van der Waals surface area contributed by atoms with Crippen LogP contribution in [0, 0.1) is 6.92 Å². The van der Waals surface area contributed by atoms with Crippen molar-refractivity contribution in [3.8, 4) is 5.75 Å². The Morgan fingerprint density at radius 1 is 1.26 bits per heavy atom. The zero-order valence-corrected chi connectivity index (χ0v) is 17.9. The summed E-state index contributed by atoms with van der Waals surface area (Å²) in [7, 11) is 0. The zero-order chi connectivity index (χ0) is 21.4. The molecule has 0 fully saturated rings. The van der Waals surface area contributed by atoms with Gasteiger partial charge in [-0.3, -0.25) is 9.59 Å². The maximum Gasteiger partial charge on any atom is 0.291 e. The fourth-order valence-electron chi connectivity index (χ4n) is 3.24. The molecule has 0 atom stereocenters. The van der Waals surface area contributed by atoms with Crippen LogP contribution in [0.5, 0.6) is 5.75 Å². The van der Waals surface area contributed by atoms with Gasteiger partial charge in [0.1, 0.15) is 16.3 Å². The molecule has 31 heavy (non-hydrogen) atoms. The highest BCUT2D eigenvalue weighted by Crippen LogP contribution is 2.34. The van der Waals surface area contributed by atoms with Crippen molar-refractivity contribution in [1.29, 1.82) is 0 Å². The quantitative estimate of drug-likeness (QED) is 0.430. The number of carbonyl (C=O) groups is 2. The number of fused-ring (bicyclic) bond motifs is 2. The van der Waals surface area contributed by atoms with E-state index >= 15 is 0 Å². The molecule has 156 valence electrons. The molecule has 2 amide bonds. The standard InChI is InChI=1S/C21H16N4O4S2/c1-11-24-25-21(31-11)30-10-14-13-4-2-3-5-16(13)29-19(14)20(27)22-12-6-7-17-15(8-12)23-18(26)9-28-17/h2-8H,9-10H2,1H3,(H,22,27)(H,23,26). The van der Waals surface area contributed by atoms with Crippen LogP contribution >= 0.6 is 23.1 Å². The number of benzene rings is 2. The fraction of sp³-hybridized carbons (Fsp3) is 0.143. The first-order chi connectivity index (χ1) is 15.1. The minimum absolute atomic E-state index is 0.0210. The van der Waals surface area contributed by atoms with Crippen LogP contribution in [0.25, 0.3) is 11.0 Å². The summed E-state index contributed by atoms with van der Waals surface area (Å²) in [5.41, 5.74) is 2.47. The molecule has 0 saturated heterocycles. The SMILES string of the molecule is Cc1nnc(SCc2c(C(=O)Nc3ccc4c(c3)NC(=O)CO4)oc3ccccc23)s1. The summed E-state index contributed by atoms with van der Waals surface area (Å²) in [6.07, 6.45) is 0. The largest absolute Gasteiger partial charge is 0.482 e. The van der Waals surface area contributed by atoms with Gasteiger partial charge in [-0.15, -0.1) is 10.2 Å². The molecular weight excluding hydrogens is 436 g/mol. The number of aromatic nitrogens is 2. The number of carbonyl (C=O) groups excluding carboxylic acids is 2. The summed E-state index contributed by atoms with van der Waals surface area (Å²) in [5, 5.41) is 15.5. The number of ether oxygens (including phenoxy) is 1. The molecular formula is C21H16N4O4S2. The first-order valence-corrected chi connectivity index (χ1v) is 11.2. The maximum absolute atomic E-state index is 13.1. The minimum atomic E-state index is -0.372. The van der Waals surface area contributed by atoms with E-state index in [9.17, 15) is 9.59 Å². The zero-order valence-electron chi connectivity index (χ0n) is 16.3. The summed E-state index contributed by atoms with van der Waals surface area (Å²) in [4.78, 5) is 24.7. The second-order valence-electron chi connectivity index (χ2n) is 6.78. The highest BCUT2D eigenvalue weighted by atomic mass is 32.2. The number of thioether (sulfide) groups is 1. The number of furan rings is 1. The highest BCUT2D eigenvalue weighted by Gasteiger charge is 2.22. The van der Waals surface area contributed by atoms with Crippen molar-refractivity contribution in [3.05, 3.63) is 58.8 Å². The van der Waals surface area contributed by atoms with Crippen LogP contribution in [0.1, 0.15) is 21.1 Å². The Kier molecular flexibility index (Phi) is 5.08. The molecule has 10 heteroatoms. The lowest BCUT2D eigenvalue weighted by Gasteiger charge is -2.18. The number of nitrogens with zero attached hydrogens (tertiary/aromatic N) is 2. The predicted octanol–water partition coefficient (Wildman–Crippen LogP) is 4.47. The van der Waals surface area contributed by atoms with E-state index in [-0.39, 0.29) is 24.2 Å². The van der Waals surface area contributed by atoms with Gasteiger partial charge in [0, 0.05) is 22.4 Å². The second-order valence-corrected chi connectivity index (χ2v) is 9.19. The molecule has 0 bridgehead atoms. The molecule has 5 rings (SSSR count). The first kappa shape index (κ1) is 19.6. The average Bonchev–Trinajstić information content (AvgIpc) is 3.35. The Bertz CT molecular complexity index is 1310. The van der Waals surface area contributed by atoms with Crippen molar-refractivity contribution in [1.82, 2.24) is 10.2 Å². The summed E-state index contributed by atoms with van der Waals surface area (Å²) in [5.74, 6) is 0.712. The normalized spacial score (nSPS) is 12.9. The summed E-state index contributed by atoms with van der Waals surface area (Å²) in [6.45, 7) is 1.88. The number of hydrogen-bond acceptors (Lipinski definition) is 8. The van der Waals surface area contributed by atoms with Crippen LogP contribution < -0.4 is 15.4 Å². The highest BCUT2D eigenvalue weighted by molar-refractivity contribution is 8.00. The first-order valence-electron chi connectivity index (χ1n) is 9.38. The lowest BCUT2D eigenvalue weighted by Crippen LogP contribution is -2.25. The molecule has 1 aliphatic heterocycles. The Morgan fingerprint density at radius 3 is 2.97 bits per heavy atom. The van der Waals surface area contributed by atoms with Crippen LogP contribution in [-0.2, 0) is 10.5 Å². The van der Waals surface area contributed by atoms with Crippen molar-refractivity contribution in [2.24, 2.45) is 0 Å². The van der Waals surface area contributed by atoms with Gasteiger partial charge in [0.05, 0.1) is 5.69 Å². The van der Waals surface area contributed by atoms with E-state index in [0.29, 0.717) is 28.5 Å². The third-order valence-electron chi connectivity index (χ3n) is 4.62. The van der Waals surface area contributed by atoms with E-state index in [1.54, 1.807) is 18.2 Å². The van der Waals surface area contributed by atoms with Crippen LogP contribution in [0.3, 0.4) is 0 Å². The van der Waals surface area contributed by atoms with E-state index in [1.165, 1.54) is 23.1 Å². The van der Waals surface area contributed by atoms with Gasteiger partial charge in [-0.1, -0.05) is 41.3 Å². The van der Waals surface area contributed by atoms with Crippen molar-refractivity contribution < 1.29 is 18.7 Å². The van der Waals surface area contributed by atoms with Crippen LogP contribution in [-0.4, -0.2) is 28.6 Å². The van der Waals surface area contributed by atoms with Crippen molar-refractivity contribution >= 4 is 57.3 Å². The lowest BCUT2D eigenvalue weighted by molar-refractivity contribution is -0.118. The Labute approximate surface area is 185 Å². The number of anilines is 2. The van der Waals surface area contributed by atoms with Crippen molar-refractivity contribution in [2.75, 3.05) is 17.2 Å². The van der Waals surface area contributed by atoms with E-state index < -0.39 is 0 Å². The Balaban J connectivity index is 1.43. The van der Waals surface area contributed by atoms with Gasteiger partial charge in [-0.2, -0.15) is 0 Å². The lowest BCUT2D eigenvalue weighted by atomic mass is 10.1. The molecule has 2 aromatic carbocycles. The number of aryl methyl sites for hydroxylation is 1. The third-order valence-corrected chi connectivity index (χ3v) is 6.62. The fourth-order valence-corrected chi connectivity index (χ4v) is 5.09. The van der Waals surface area contributed by atoms with Crippen LogP contribution in [0.2, 0.25) is 0 Å². The number of amides is 2. The summed E-state index contributed by atoms with van der Waals surface area (Å²) >= 11 is 3.02. The van der Waals surface area contributed by atoms with E-state index in [4.69, 9.17) is 9.15 Å². The van der Waals surface area contributed by atoms with E-state index in [2.05, 4.69) is 20.8 Å². The average molecular weight is 453 g/mol. The van der Waals surface area contributed by atoms with Gasteiger partial charge >= 0.3 is 0 Å². The van der Waals surface area contributed by atoms with Gasteiger partial charge in [0.25, 0.3) is 11.8 Å². The molecule has 0 aliphatic carbocycles. The molecule has 4 aromatic rings. The van der Waals surface area contributed by atoms with Gasteiger partial charge in [-0.05, 0) is 31.2 Å². The molecule has 2 N–H and O–H groups in total. The van der Waals surface area contributed by atoms with Gasteiger partial charge < -0.3 is 19.8 Å². The van der Waals surface area contributed by atoms with Gasteiger partial charge in [0.15, 0.2) is 16.7 Å². The van der Waals surface area contributed by atoms with Crippen LogP contribution in [0.15, 0.2) is 51.2 Å². The molecule has 0 spiro atoms. The third kappa shape index (κ3) is 3.99. The summed E-state index contributed by atoms with van der Waals surface area (Å²) < 4.78 is 12.1. The minimum Gasteiger partial charge on any atom is -0.482 e. The van der Waals surface area contributed by atoms with Crippen molar-refractivity contribution in [2.45, 2.75) is 17.0 Å². The van der Waals surface area contributed by atoms with E-state index in [1.807, 2.05) is 31.2 Å². The number of hydrogen-bond donors (Lipinski definition) is 2. The van der Waals surface area contributed by atoms with Crippen molar-refractivity contribution in [3.63, 3.8) is 0 Å². The molecule has 2 aromatic heterocycles. The number of rotatable bonds is 5.